The molecule has 0 spiro atoms. The molecule has 1 aromatic carbocycles. The van der Waals surface area contributed by atoms with Gasteiger partial charge >= 0.3 is 0 Å². The number of ether oxygens (including phenoxy) is 2. The van der Waals surface area contributed by atoms with E-state index in [1.165, 1.54) is 18.2 Å². The summed E-state index contributed by atoms with van der Waals surface area (Å²) in [5.74, 6) is 0.916. The standard InChI is InChI=1S/C10H9NO4/c1-2-8-6-14-9-4-3-7(11(12)13)5-10(9)15-8/h2-5,8H,1,6H2. The van der Waals surface area contributed by atoms with Gasteiger partial charge in [-0.15, -0.1) is 0 Å². The number of hydrogen-bond donors (Lipinski definition) is 0. The van der Waals surface area contributed by atoms with Crippen molar-refractivity contribution in [3.8, 4) is 11.5 Å². The van der Waals surface area contributed by atoms with Crippen LogP contribution in [0.1, 0.15) is 0 Å². The lowest BCUT2D eigenvalue weighted by Crippen LogP contribution is -2.26. The molecule has 15 heavy (non-hydrogen) atoms. The van der Waals surface area contributed by atoms with Gasteiger partial charge in [-0.1, -0.05) is 6.58 Å². The first-order chi connectivity index (χ1) is 7.20. The fraction of sp³-hybridized carbons (Fsp3) is 0.200. The number of non-ortho nitro benzene ring substituents is 1. The smallest absolute Gasteiger partial charge is 0.273 e. The lowest BCUT2D eigenvalue weighted by atomic mass is 10.2. The Hall–Kier alpha value is -2.04. The van der Waals surface area contributed by atoms with E-state index in [4.69, 9.17) is 9.47 Å². The summed E-state index contributed by atoms with van der Waals surface area (Å²) in [6.07, 6.45) is 1.35. The summed E-state index contributed by atoms with van der Waals surface area (Å²) in [4.78, 5) is 10.1. The van der Waals surface area contributed by atoms with E-state index in [-0.39, 0.29) is 11.8 Å². The summed E-state index contributed by atoms with van der Waals surface area (Å²) < 4.78 is 10.8. The molecule has 1 unspecified atom stereocenters. The third kappa shape index (κ3) is 1.76. The van der Waals surface area contributed by atoms with Crippen molar-refractivity contribution in [2.75, 3.05) is 6.61 Å². The molecule has 0 aliphatic carbocycles. The molecule has 0 aromatic heterocycles. The van der Waals surface area contributed by atoms with E-state index < -0.39 is 4.92 Å². The van der Waals surface area contributed by atoms with Crippen molar-refractivity contribution >= 4 is 5.69 Å². The van der Waals surface area contributed by atoms with Gasteiger partial charge in [0.2, 0.25) is 0 Å². The van der Waals surface area contributed by atoms with Crippen LogP contribution in [0.3, 0.4) is 0 Å². The fourth-order valence-electron chi connectivity index (χ4n) is 1.31. The molecular formula is C10H9NO4. The van der Waals surface area contributed by atoms with E-state index in [0.29, 0.717) is 18.1 Å². The van der Waals surface area contributed by atoms with Gasteiger partial charge in [-0.3, -0.25) is 10.1 Å². The van der Waals surface area contributed by atoms with Gasteiger partial charge in [-0.05, 0) is 12.1 Å². The summed E-state index contributed by atoms with van der Waals surface area (Å²) in [5, 5.41) is 10.5. The second-order valence-corrected chi connectivity index (χ2v) is 3.09. The first-order valence-corrected chi connectivity index (χ1v) is 4.41. The van der Waals surface area contributed by atoms with Crippen molar-refractivity contribution in [1.82, 2.24) is 0 Å². The van der Waals surface area contributed by atoms with Gasteiger partial charge in [0.15, 0.2) is 17.6 Å². The van der Waals surface area contributed by atoms with Gasteiger partial charge in [0.05, 0.1) is 11.0 Å². The van der Waals surface area contributed by atoms with E-state index >= 15 is 0 Å². The minimum absolute atomic E-state index is 0.0120. The van der Waals surface area contributed by atoms with E-state index in [1.807, 2.05) is 0 Å². The molecule has 0 saturated carbocycles. The minimum Gasteiger partial charge on any atom is -0.485 e. The Kier molecular flexibility index (Phi) is 2.29. The second kappa shape index (κ2) is 3.61. The summed E-state index contributed by atoms with van der Waals surface area (Å²) in [6, 6.07) is 4.27. The predicted octanol–water partition coefficient (Wildman–Crippen LogP) is 1.92. The molecule has 1 aliphatic heterocycles. The van der Waals surface area contributed by atoms with Gasteiger partial charge < -0.3 is 9.47 Å². The third-order valence-electron chi connectivity index (χ3n) is 2.08. The Bertz CT molecular complexity index is 416. The molecule has 0 radical (unpaired) electrons. The zero-order valence-electron chi connectivity index (χ0n) is 7.88. The van der Waals surface area contributed by atoms with Gasteiger partial charge in [-0.25, -0.2) is 0 Å². The summed E-state index contributed by atoms with van der Waals surface area (Å²) in [7, 11) is 0. The Balaban J connectivity index is 2.34. The predicted molar refractivity (Wildman–Crippen MR) is 53.2 cm³/mol. The molecule has 0 amide bonds. The van der Waals surface area contributed by atoms with Crippen LogP contribution in [0.15, 0.2) is 30.9 Å². The van der Waals surface area contributed by atoms with Gasteiger partial charge in [-0.2, -0.15) is 0 Å². The molecule has 0 saturated heterocycles. The highest BCUT2D eigenvalue weighted by atomic mass is 16.6. The van der Waals surface area contributed by atoms with Crippen LogP contribution in [-0.4, -0.2) is 17.6 Å². The molecule has 1 aliphatic rings. The highest BCUT2D eigenvalue weighted by molar-refractivity contribution is 5.49. The quantitative estimate of drug-likeness (QED) is 0.422. The van der Waals surface area contributed by atoms with E-state index in [0.717, 1.165) is 0 Å². The average molecular weight is 207 g/mol. The first-order valence-electron chi connectivity index (χ1n) is 4.41. The zero-order valence-corrected chi connectivity index (χ0v) is 7.88. The van der Waals surface area contributed by atoms with E-state index in [2.05, 4.69) is 6.58 Å². The summed E-state index contributed by atoms with van der Waals surface area (Å²) in [5.41, 5.74) is -0.0120. The van der Waals surface area contributed by atoms with Crippen molar-refractivity contribution in [3.05, 3.63) is 41.0 Å². The maximum Gasteiger partial charge on any atom is 0.273 e. The summed E-state index contributed by atoms with van der Waals surface area (Å²) >= 11 is 0. The number of hydrogen-bond acceptors (Lipinski definition) is 4. The highest BCUT2D eigenvalue weighted by Gasteiger charge is 2.21. The largest absolute Gasteiger partial charge is 0.485 e. The number of rotatable bonds is 2. The van der Waals surface area contributed by atoms with Crippen LogP contribution in [-0.2, 0) is 0 Å². The van der Waals surface area contributed by atoms with Gasteiger partial charge in [0, 0.05) is 6.07 Å². The Morgan fingerprint density at radius 1 is 1.53 bits per heavy atom. The molecule has 1 aromatic rings. The van der Waals surface area contributed by atoms with Crippen molar-refractivity contribution in [2.45, 2.75) is 6.10 Å². The number of fused-ring (bicyclic) bond motifs is 1. The monoisotopic (exact) mass is 207 g/mol. The van der Waals surface area contributed by atoms with Crippen LogP contribution >= 0.6 is 0 Å². The molecule has 1 atom stereocenters. The number of nitro groups is 1. The maximum atomic E-state index is 10.5. The third-order valence-corrected chi connectivity index (χ3v) is 2.08. The second-order valence-electron chi connectivity index (χ2n) is 3.09. The van der Waals surface area contributed by atoms with Crippen molar-refractivity contribution < 1.29 is 14.4 Å². The molecule has 0 bridgehead atoms. The van der Waals surface area contributed by atoms with Gasteiger partial charge in [0.25, 0.3) is 5.69 Å². The lowest BCUT2D eigenvalue weighted by Gasteiger charge is -2.23. The van der Waals surface area contributed by atoms with Crippen molar-refractivity contribution in [1.29, 1.82) is 0 Å². The SMILES string of the molecule is C=CC1COc2ccc([N+](=O)[O-])cc2O1. The molecule has 2 rings (SSSR count). The molecule has 0 fully saturated rings. The van der Waals surface area contributed by atoms with Crippen LogP contribution in [0, 0.1) is 10.1 Å². The normalized spacial score (nSPS) is 18.3. The van der Waals surface area contributed by atoms with Crippen LogP contribution < -0.4 is 9.47 Å². The highest BCUT2D eigenvalue weighted by Crippen LogP contribution is 2.34. The molecule has 78 valence electrons. The lowest BCUT2D eigenvalue weighted by molar-refractivity contribution is -0.385. The molecule has 0 N–H and O–H groups in total. The summed E-state index contributed by atoms with van der Waals surface area (Å²) in [6.45, 7) is 3.96. The molecule has 1 heterocycles. The molecule has 5 nitrogen and oxygen atoms in total. The maximum absolute atomic E-state index is 10.5. The van der Waals surface area contributed by atoms with Gasteiger partial charge in [0.1, 0.15) is 6.61 Å². The zero-order chi connectivity index (χ0) is 10.8. The first kappa shape index (κ1) is 9.51. The number of benzene rings is 1. The minimum atomic E-state index is -0.471. The Labute approximate surface area is 86.1 Å². The Morgan fingerprint density at radius 2 is 2.33 bits per heavy atom. The van der Waals surface area contributed by atoms with Crippen LogP contribution in [0.5, 0.6) is 11.5 Å². The topological polar surface area (TPSA) is 61.6 Å². The fourth-order valence-corrected chi connectivity index (χ4v) is 1.31. The number of nitrogens with zero attached hydrogens (tertiary/aromatic N) is 1. The van der Waals surface area contributed by atoms with Crippen LogP contribution in [0.2, 0.25) is 0 Å². The number of nitro benzene ring substituents is 1. The van der Waals surface area contributed by atoms with E-state index in [1.54, 1.807) is 6.08 Å². The van der Waals surface area contributed by atoms with Crippen molar-refractivity contribution in [3.63, 3.8) is 0 Å². The Morgan fingerprint density at radius 3 is 3.00 bits per heavy atom. The molecular weight excluding hydrogens is 198 g/mol. The van der Waals surface area contributed by atoms with Crippen molar-refractivity contribution in [2.24, 2.45) is 0 Å². The van der Waals surface area contributed by atoms with E-state index in [9.17, 15) is 10.1 Å². The average Bonchev–Trinajstić information content (AvgIpc) is 2.27. The molecule has 5 heteroatoms. The van der Waals surface area contributed by atoms with Crippen LogP contribution in [0.25, 0.3) is 0 Å². The van der Waals surface area contributed by atoms with Crippen LogP contribution in [0.4, 0.5) is 5.69 Å².